The lowest BCUT2D eigenvalue weighted by Gasteiger charge is -2.18. The Bertz CT molecular complexity index is 1100. The summed E-state index contributed by atoms with van der Waals surface area (Å²) >= 11 is 1.45. The zero-order valence-corrected chi connectivity index (χ0v) is 16.4. The molecule has 2 aromatic carbocycles. The average Bonchev–Trinajstić information content (AvgIpc) is 3.32. The molecule has 0 N–H and O–H groups in total. The van der Waals surface area contributed by atoms with E-state index in [-0.39, 0.29) is 11.6 Å². The van der Waals surface area contributed by atoms with Gasteiger partial charge in [-0.3, -0.25) is 9.69 Å². The van der Waals surface area contributed by atoms with E-state index in [1.54, 1.807) is 17.9 Å². The fourth-order valence-electron chi connectivity index (χ4n) is 2.86. The van der Waals surface area contributed by atoms with Crippen LogP contribution in [0.2, 0.25) is 0 Å². The van der Waals surface area contributed by atoms with E-state index in [0.717, 1.165) is 21.5 Å². The number of amides is 1. The Labute approximate surface area is 166 Å². The van der Waals surface area contributed by atoms with Gasteiger partial charge in [-0.15, -0.1) is 0 Å². The Morgan fingerprint density at radius 3 is 2.71 bits per heavy atom. The first-order valence-electron chi connectivity index (χ1n) is 8.96. The van der Waals surface area contributed by atoms with Gasteiger partial charge in [0.1, 0.15) is 11.5 Å². The molecule has 0 unspecified atom stereocenters. The predicted molar refractivity (Wildman–Crippen MR) is 109 cm³/mol. The second kappa shape index (κ2) is 7.82. The number of hydrogen-bond donors (Lipinski definition) is 0. The maximum absolute atomic E-state index is 13.2. The number of nitrogens with zero attached hydrogens (tertiary/aromatic N) is 3. The Hall–Kier alpha value is -3.19. The van der Waals surface area contributed by atoms with Gasteiger partial charge in [0.05, 0.1) is 23.4 Å². The largest absolute Gasteiger partial charge is 0.494 e. The molecule has 0 aliphatic carbocycles. The molecule has 0 saturated heterocycles. The van der Waals surface area contributed by atoms with Crippen LogP contribution in [0.5, 0.6) is 5.75 Å². The van der Waals surface area contributed by atoms with Gasteiger partial charge in [0, 0.05) is 6.07 Å². The van der Waals surface area contributed by atoms with Crippen LogP contribution < -0.4 is 9.64 Å². The molecule has 0 radical (unpaired) electrons. The summed E-state index contributed by atoms with van der Waals surface area (Å²) < 4.78 is 11.6. The summed E-state index contributed by atoms with van der Waals surface area (Å²) in [5.41, 5.74) is 2.10. The number of ether oxygens (including phenoxy) is 1. The minimum atomic E-state index is -0.246. The highest BCUT2D eigenvalue weighted by Gasteiger charge is 2.24. The summed E-state index contributed by atoms with van der Waals surface area (Å²) in [5, 5.41) is 4.50. The minimum absolute atomic E-state index is 0.246. The molecule has 4 rings (SSSR count). The Morgan fingerprint density at radius 2 is 2.00 bits per heavy atom. The first kappa shape index (κ1) is 18.2. The fourth-order valence-corrected chi connectivity index (χ4v) is 3.85. The second-order valence-corrected chi connectivity index (χ2v) is 7.27. The highest BCUT2D eigenvalue weighted by atomic mass is 32.1. The fraction of sp³-hybridized carbons (Fsp3) is 0.190. The first-order valence-corrected chi connectivity index (χ1v) is 9.78. The Balaban J connectivity index is 1.73. The molecule has 0 aliphatic heterocycles. The minimum Gasteiger partial charge on any atom is -0.494 e. The van der Waals surface area contributed by atoms with Crippen LogP contribution in [0.1, 0.15) is 28.7 Å². The number of hydrogen-bond acceptors (Lipinski definition) is 6. The molecule has 0 atom stereocenters. The lowest BCUT2D eigenvalue weighted by molar-refractivity contribution is 0.0976. The van der Waals surface area contributed by atoms with Crippen LogP contribution in [0.15, 0.2) is 59.1 Å². The number of carbonyl (C=O) groups is 1. The zero-order chi connectivity index (χ0) is 19.5. The normalized spacial score (nSPS) is 10.9. The highest BCUT2D eigenvalue weighted by Crippen LogP contribution is 2.33. The standard InChI is InChI=1S/C21H19N3O3S/c1-3-26-16-9-10-17-19(12-16)28-21(22-17)24(13-15-7-5-4-6-8-15)20(25)18-11-14(2)27-23-18/h4-12H,3,13H2,1-2H3. The van der Waals surface area contributed by atoms with Crippen molar-refractivity contribution in [3.05, 3.63) is 71.6 Å². The van der Waals surface area contributed by atoms with Crippen LogP contribution in [-0.2, 0) is 6.54 Å². The van der Waals surface area contributed by atoms with Crippen LogP contribution >= 0.6 is 11.3 Å². The molecule has 0 bridgehead atoms. The lowest BCUT2D eigenvalue weighted by Crippen LogP contribution is -2.30. The third-order valence-electron chi connectivity index (χ3n) is 4.17. The molecule has 6 nitrogen and oxygen atoms in total. The molecule has 0 saturated carbocycles. The van der Waals surface area contributed by atoms with Gasteiger partial charge in [-0.2, -0.15) is 0 Å². The van der Waals surface area contributed by atoms with Crippen LogP contribution in [0.3, 0.4) is 0 Å². The van der Waals surface area contributed by atoms with Crippen molar-refractivity contribution in [2.24, 2.45) is 0 Å². The maximum atomic E-state index is 13.2. The van der Waals surface area contributed by atoms with Crippen molar-refractivity contribution in [3.8, 4) is 5.75 Å². The van der Waals surface area contributed by atoms with E-state index >= 15 is 0 Å². The van der Waals surface area contributed by atoms with E-state index in [1.165, 1.54) is 11.3 Å². The molecule has 4 aromatic rings. The van der Waals surface area contributed by atoms with E-state index in [2.05, 4.69) is 10.1 Å². The summed E-state index contributed by atoms with van der Waals surface area (Å²) in [6.07, 6.45) is 0. The van der Waals surface area contributed by atoms with Gasteiger partial charge >= 0.3 is 0 Å². The van der Waals surface area contributed by atoms with E-state index in [1.807, 2.05) is 55.5 Å². The molecule has 1 amide bonds. The molecular formula is C21H19N3O3S. The maximum Gasteiger partial charge on any atom is 0.282 e. The van der Waals surface area contributed by atoms with E-state index in [9.17, 15) is 4.79 Å². The van der Waals surface area contributed by atoms with Gasteiger partial charge < -0.3 is 9.26 Å². The van der Waals surface area contributed by atoms with Crippen molar-refractivity contribution in [1.29, 1.82) is 0 Å². The topological polar surface area (TPSA) is 68.5 Å². The summed E-state index contributed by atoms with van der Waals surface area (Å²) in [7, 11) is 0. The first-order chi connectivity index (χ1) is 13.6. The van der Waals surface area contributed by atoms with Crippen LogP contribution in [0, 0.1) is 6.92 Å². The third-order valence-corrected chi connectivity index (χ3v) is 5.21. The van der Waals surface area contributed by atoms with Crippen LogP contribution in [0.25, 0.3) is 10.2 Å². The van der Waals surface area contributed by atoms with Gasteiger partial charge in [-0.25, -0.2) is 4.98 Å². The molecule has 0 aliphatic rings. The van der Waals surface area contributed by atoms with E-state index in [4.69, 9.17) is 9.26 Å². The van der Waals surface area contributed by atoms with Gasteiger partial charge in [0.2, 0.25) is 0 Å². The molecule has 28 heavy (non-hydrogen) atoms. The molecule has 2 aromatic heterocycles. The van der Waals surface area contributed by atoms with E-state index in [0.29, 0.717) is 24.0 Å². The Morgan fingerprint density at radius 1 is 1.18 bits per heavy atom. The van der Waals surface area contributed by atoms with Crippen LogP contribution in [-0.4, -0.2) is 22.7 Å². The smallest absolute Gasteiger partial charge is 0.282 e. The number of benzene rings is 2. The van der Waals surface area contributed by atoms with Gasteiger partial charge in [-0.1, -0.05) is 46.8 Å². The van der Waals surface area contributed by atoms with Gasteiger partial charge in [-0.05, 0) is 37.6 Å². The van der Waals surface area contributed by atoms with Crippen molar-refractivity contribution in [1.82, 2.24) is 10.1 Å². The summed E-state index contributed by atoms with van der Waals surface area (Å²) in [6, 6.07) is 17.2. The predicted octanol–water partition coefficient (Wildman–Crippen LogP) is 4.84. The number of aryl methyl sites for hydroxylation is 1. The number of thiazole rings is 1. The molecule has 0 spiro atoms. The van der Waals surface area contributed by atoms with Crippen molar-refractivity contribution < 1.29 is 14.1 Å². The van der Waals surface area contributed by atoms with Crippen molar-refractivity contribution in [3.63, 3.8) is 0 Å². The summed E-state index contributed by atoms with van der Waals surface area (Å²) in [5.74, 6) is 1.14. The van der Waals surface area contributed by atoms with Crippen molar-refractivity contribution in [2.75, 3.05) is 11.5 Å². The zero-order valence-electron chi connectivity index (χ0n) is 15.6. The number of fused-ring (bicyclic) bond motifs is 1. The number of anilines is 1. The van der Waals surface area contributed by atoms with Gasteiger partial charge in [0.25, 0.3) is 5.91 Å². The number of carbonyl (C=O) groups excluding carboxylic acids is 1. The van der Waals surface area contributed by atoms with Crippen molar-refractivity contribution in [2.45, 2.75) is 20.4 Å². The Kier molecular flexibility index (Phi) is 5.08. The van der Waals surface area contributed by atoms with Crippen LogP contribution in [0.4, 0.5) is 5.13 Å². The monoisotopic (exact) mass is 393 g/mol. The van der Waals surface area contributed by atoms with Gasteiger partial charge in [0.15, 0.2) is 10.8 Å². The number of aromatic nitrogens is 2. The molecule has 2 heterocycles. The van der Waals surface area contributed by atoms with Crippen molar-refractivity contribution >= 4 is 32.6 Å². The SMILES string of the molecule is CCOc1ccc2nc(N(Cc3ccccc3)C(=O)c3cc(C)on3)sc2c1. The third kappa shape index (κ3) is 3.75. The quantitative estimate of drug-likeness (QED) is 0.469. The molecule has 0 fully saturated rings. The lowest BCUT2D eigenvalue weighted by atomic mass is 10.2. The van der Waals surface area contributed by atoms with E-state index < -0.39 is 0 Å². The second-order valence-electron chi connectivity index (χ2n) is 6.26. The number of rotatable bonds is 6. The summed E-state index contributed by atoms with van der Waals surface area (Å²) in [4.78, 5) is 19.5. The summed E-state index contributed by atoms with van der Waals surface area (Å²) in [6.45, 7) is 4.70. The average molecular weight is 393 g/mol. The highest BCUT2D eigenvalue weighted by molar-refractivity contribution is 7.22. The molecular weight excluding hydrogens is 374 g/mol. The molecule has 142 valence electrons. The molecule has 7 heteroatoms.